The van der Waals surface area contributed by atoms with E-state index in [0.29, 0.717) is 0 Å². The van der Waals surface area contributed by atoms with E-state index in [1.54, 1.807) is 6.20 Å². The highest BCUT2D eigenvalue weighted by molar-refractivity contribution is 5.73. The van der Waals surface area contributed by atoms with E-state index >= 15 is 0 Å². The van der Waals surface area contributed by atoms with E-state index in [9.17, 15) is 4.79 Å². The summed E-state index contributed by atoms with van der Waals surface area (Å²) in [5.41, 5.74) is 6.23. The molecule has 0 fully saturated rings. The van der Waals surface area contributed by atoms with Gasteiger partial charge >= 0.3 is 5.97 Å². The number of rotatable bonds is 5. The molecule has 0 aliphatic rings. The molecule has 1 aromatic heterocycles. The lowest BCUT2D eigenvalue weighted by Crippen LogP contribution is -2.41. The standard InChI is InChI=1S/C10H15N3O2/c1-7(9-4-2-3-5-12-9)13-6-8(11)10(14)15/h2-5,7-8,13H,6,11H2,1H3,(H,14,15)/t7-,8?/m0/s1. The molecule has 0 bridgehead atoms. The summed E-state index contributed by atoms with van der Waals surface area (Å²) in [7, 11) is 0. The summed E-state index contributed by atoms with van der Waals surface area (Å²) < 4.78 is 0. The van der Waals surface area contributed by atoms with Gasteiger partial charge in [0.1, 0.15) is 6.04 Å². The van der Waals surface area contributed by atoms with Gasteiger partial charge in [0.2, 0.25) is 0 Å². The third kappa shape index (κ3) is 3.65. The lowest BCUT2D eigenvalue weighted by molar-refractivity contribution is -0.138. The molecule has 1 aromatic rings. The number of aliphatic carboxylic acids is 1. The summed E-state index contributed by atoms with van der Waals surface area (Å²) in [5.74, 6) is -1.00. The van der Waals surface area contributed by atoms with E-state index < -0.39 is 12.0 Å². The van der Waals surface area contributed by atoms with Crippen LogP contribution in [0.5, 0.6) is 0 Å². The number of nitrogens with two attached hydrogens (primary N) is 1. The largest absolute Gasteiger partial charge is 0.480 e. The second-order valence-electron chi connectivity index (χ2n) is 3.33. The van der Waals surface area contributed by atoms with Crippen LogP contribution in [0.3, 0.4) is 0 Å². The number of carboxylic acids is 1. The second kappa shape index (κ2) is 5.43. The summed E-state index contributed by atoms with van der Waals surface area (Å²) in [5, 5.41) is 11.6. The zero-order valence-electron chi connectivity index (χ0n) is 8.55. The van der Waals surface area contributed by atoms with Crippen molar-refractivity contribution >= 4 is 5.97 Å². The van der Waals surface area contributed by atoms with Crippen LogP contribution in [0.2, 0.25) is 0 Å². The van der Waals surface area contributed by atoms with Gasteiger partial charge in [0.05, 0.1) is 5.69 Å². The van der Waals surface area contributed by atoms with Crippen molar-refractivity contribution in [1.82, 2.24) is 10.3 Å². The second-order valence-corrected chi connectivity index (χ2v) is 3.33. The summed E-state index contributed by atoms with van der Waals surface area (Å²) in [6.45, 7) is 2.14. The monoisotopic (exact) mass is 209 g/mol. The average Bonchev–Trinajstić information content (AvgIpc) is 2.26. The highest BCUT2D eigenvalue weighted by Crippen LogP contribution is 2.06. The van der Waals surface area contributed by atoms with Crippen molar-refractivity contribution in [3.8, 4) is 0 Å². The van der Waals surface area contributed by atoms with E-state index in [2.05, 4.69) is 10.3 Å². The van der Waals surface area contributed by atoms with Gasteiger partial charge in [0, 0.05) is 18.8 Å². The van der Waals surface area contributed by atoms with Crippen molar-refractivity contribution in [3.63, 3.8) is 0 Å². The van der Waals surface area contributed by atoms with Crippen LogP contribution in [0.25, 0.3) is 0 Å². The molecule has 5 heteroatoms. The normalized spacial score (nSPS) is 14.5. The fourth-order valence-corrected chi connectivity index (χ4v) is 1.13. The number of carbonyl (C=O) groups is 1. The third-order valence-corrected chi connectivity index (χ3v) is 2.09. The number of carboxylic acid groups (broad SMARTS) is 1. The minimum absolute atomic E-state index is 0.00315. The SMILES string of the molecule is C[C@H](NCC(N)C(=O)O)c1ccccn1. The molecule has 0 amide bonds. The minimum atomic E-state index is -1.00. The number of aromatic nitrogens is 1. The van der Waals surface area contributed by atoms with Crippen LogP contribution in [0.15, 0.2) is 24.4 Å². The number of hydrogen-bond donors (Lipinski definition) is 3. The van der Waals surface area contributed by atoms with Crippen LogP contribution in [0.1, 0.15) is 18.7 Å². The molecule has 0 aliphatic carbocycles. The van der Waals surface area contributed by atoms with Crippen molar-refractivity contribution in [3.05, 3.63) is 30.1 Å². The third-order valence-electron chi connectivity index (χ3n) is 2.09. The molecule has 0 saturated heterocycles. The maximum atomic E-state index is 10.5. The number of pyridine rings is 1. The first-order valence-electron chi connectivity index (χ1n) is 4.74. The quantitative estimate of drug-likeness (QED) is 0.642. The predicted octanol–water partition coefficient (Wildman–Crippen LogP) is 0.144. The predicted molar refractivity (Wildman–Crippen MR) is 56.3 cm³/mol. The van der Waals surface area contributed by atoms with E-state index in [-0.39, 0.29) is 12.6 Å². The molecule has 0 aliphatic heterocycles. The van der Waals surface area contributed by atoms with Crippen LogP contribution in [0, 0.1) is 0 Å². The number of hydrogen-bond acceptors (Lipinski definition) is 4. The van der Waals surface area contributed by atoms with Crippen LogP contribution >= 0.6 is 0 Å². The van der Waals surface area contributed by atoms with E-state index in [0.717, 1.165) is 5.69 Å². The van der Waals surface area contributed by atoms with E-state index in [1.165, 1.54) is 0 Å². The molecule has 0 spiro atoms. The van der Waals surface area contributed by atoms with Crippen molar-refractivity contribution in [2.75, 3.05) is 6.54 Å². The van der Waals surface area contributed by atoms with Gasteiger partial charge in [0.15, 0.2) is 0 Å². The summed E-state index contributed by atoms with van der Waals surface area (Å²) in [6, 6.07) is 4.72. The Balaban J connectivity index is 2.43. The summed E-state index contributed by atoms with van der Waals surface area (Å²) >= 11 is 0. The molecule has 0 aromatic carbocycles. The highest BCUT2D eigenvalue weighted by atomic mass is 16.4. The maximum absolute atomic E-state index is 10.5. The van der Waals surface area contributed by atoms with Gasteiger partial charge in [-0.2, -0.15) is 0 Å². The van der Waals surface area contributed by atoms with Gasteiger partial charge in [-0.1, -0.05) is 6.07 Å². The Bertz CT molecular complexity index is 316. The van der Waals surface area contributed by atoms with Crippen LogP contribution in [-0.2, 0) is 4.79 Å². The first-order chi connectivity index (χ1) is 7.11. The molecule has 0 radical (unpaired) electrons. The molecule has 1 heterocycles. The van der Waals surface area contributed by atoms with Gasteiger partial charge in [-0.05, 0) is 19.1 Å². The number of nitrogens with zero attached hydrogens (tertiary/aromatic N) is 1. The van der Waals surface area contributed by atoms with E-state index in [4.69, 9.17) is 10.8 Å². The Morgan fingerprint density at radius 2 is 2.40 bits per heavy atom. The molecule has 4 N–H and O–H groups in total. The van der Waals surface area contributed by atoms with Crippen molar-refractivity contribution < 1.29 is 9.90 Å². The Morgan fingerprint density at radius 1 is 1.67 bits per heavy atom. The van der Waals surface area contributed by atoms with Crippen LogP contribution in [-0.4, -0.2) is 28.6 Å². The molecular formula is C10H15N3O2. The molecule has 82 valence electrons. The zero-order chi connectivity index (χ0) is 11.3. The smallest absolute Gasteiger partial charge is 0.321 e. The van der Waals surface area contributed by atoms with Gasteiger partial charge < -0.3 is 16.2 Å². The average molecular weight is 209 g/mol. The molecule has 1 rings (SSSR count). The molecule has 15 heavy (non-hydrogen) atoms. The highest BCUT2D eigenvalue weighted by Gasteiger charge is 2.13. The Morgan fingerprint density at radius 3 is 2.93 bits per heavy atom. The van der Waals surface area contributed by atoms with Crippen LogP contribution in [0.4, 0.5) is 0 Å². The molecular weight excluding hydrogens is 194 g/mol. The lowest BCUT2D eigenvalue weighted by Gasteiger charge is -2.14. The van der Waals surface area contributed by atoms with Gasteiger partial charge in [0.25, 0.3) is 0 Å². The maximum Gasteiger partial charge on any atom is 0.321 e. The first-order valence-corrected chi connectivity index (χ1v) is 4.74. The first kappa shape index (κ1) is 11.6. The van der Waals surface area contributed by atoms with Crippen molar-refractivity contribution in [1.29, 1.82) is 0 Å². The zero-order valence-corrected chi connectivity index (χ0v) is 8.55. The summed E-state index contributed by atoms with van der Waals surface area (Å²) in [4.78, 5) is 14.6. The Hall–Kier alpha value is -1.46. The fraction of sp³-hybridized carbons (Fsp3) is 0.400. The number of nitrogens with one attached hydrogen (secondary N) is 1. The topological polar surface area (TPSA) is 88.2 Å². The Kier molecular flexibility index (Phi) is 4.20. The van der Waals surface area contributed by atoms with E-state index in [1.807, 2.05) is 25.1 Å². The summed E-state index contributed by atoms with van der Waals surface area (Å²) in [6.07, 6.45) is 1.70. The molecule has 2 atom stereocenters. The molecule has 1 unspecified atom stereocenters. The van der Waals surface area contributed by atoms with Crippen LogP contribution < -0.4 is 11.1 Å². The lowest BCUT2D eigenvalue weighted by atomic mass is 10.2. The Labute approximate surface area is 88.3 Å². The van der Waals surface area contributed by atoms with Crippen molar-refractivity contribution in [2.45, 2.75) is 19.0 Å². The molecule has 5 nitrogen and oxygen atoms in total. The van der Waals surface area contributed by atoms with Gasteiger partial charge in [-0.25, -0.2) is 0 Å². The minimum Gasteiger partial charge on any atom is -0.480 e. The van der Waals surface area contributed by atoms with Crippen molar-refractivity contribution in [2.24, 2.45) is 5.73 Å². The van der Waals surface area contributed by atoms with Gasteiger partial charge in [-0.3, -0.25) is 9.78 Å². The van der Waals surface area contributed by atoms with Gasteiger partial charge in [-0.15, -0.1) is 0 Å². The fourth-order valence-electron chi connectivity index (χ4n) is 1.13. The molecule has 0 saturated carbocycles.